The number of ether oxygens (including phenoxy) is 1. The van der Waals surface area contributed by atoms with Crippen LogP contribution in [0.4, 0.5) is 0 Å². The minimum atomic E-state index is -4.03. The smallest absolute Gasteiger partial charge is 0.748 e. The van der Waals surface area contributed by atoms with Gasteiger partial charge in [0.25, 0.3) is 0 Å². The van der Waals surface area contributed by atoms with Gasteiger partial charge in [0.15, 0.2) is 0 Å². The maximum Gasteiger partial charge on any atom is 1.00 e. The first-order valence-electron chi connectivity index (χ1n) is 2.49. The molecule has 0 bridgehead atoms. The molecule has 0 heterocycles. The van der Waals surface area contributed by atoms with E-state index in [1.165, 1.54) is 7.11 Å². The first-order valence-corrected chi connectivity index (χ1v) is 4.06. The van der Waals surface area contributed by atoms with E-state index in [1.54, 1.807) is 0 Å². The summed E-state index contributed by atoms with van der Waals surface area (Å²) in [5.74, 6) is -0.332. The molecule has 0 aliphatic rings. The summed E-state index contributed by atoms with van der Waals surface area (Å²) < 4.78 is 34.2. The van der Waals surface area contributed by atoms with Crippen LogP contribution in [0.2, 0.25) is 0 Å². The van der Waals surface area contributed by atoms with Crippen LogP contribution in [0.3, 0.4) is 0 Å². The maximum absolute atomic E-state index is 9.89. The van der Waals surface area contributed by atoms with Gasteiger partial charge in [-0.25, -0.2) is 8.42 Å². The van der Waals surface area contributed by atoms with Crippen LogP contribution >= 0.6 is 0 Å². The quantitative estimate of drug-likeness (QED) is 0.264. The summed E-state index contributed by atoms with van der Waals surface area (Å²) in [6, 6.07) is 0. The predicted octanol–water partition coefficient (Wildman–Crippen LogP) is -3.43. The summed E-state index contributed by atoms with van der Waals surface area (Å²) in [4.78, 5) is 0. The standard InChI is InChI=1S/C4H10O4S.K/c1-8-3-2-4-9(5,6)7;/h2-4H2,1H3,(H,5,6,7);/q;+1/p-1. The molecular formula is C4H9KO4S. The van der Waals surface area contributed by atoms with E-state index in [4.69, 9.17) is 0 Å². The molecule has 0 aromatic heterocycles. The fourth-order valence-corrected chi connectivity index (χ4v) is 0.851. The minimum absolute atomic E-state index is 0. The second-order valence-electron chi connectivity index (χ2n) is 1.61. The van der Waals surface area contributed by atoms with Crippen LogP contribution in [0.25, 0.3) is 0 Å². The van der Waals surface area contributed by atoms with E-state index < -0.39 is 10.1 Å². The van der Waals surface area contributed by atoms with Crippen molar-refractivity contribution in [3.63, 3.8) is 0 Å². The van der Waals surface area contributed by atoms with Gasteiger partial charge < -0.3 is 9.29 Å². The minimum Gasteiger partial charge on any atom is -0.748 e. The monoisotopic (exact) mass is 192 g/mol. The average molecular weight is 192 g/mol. The Labute approximate surface area is 103 Å². The van der Waals surface area contributed by atoms with Gasteiger partial charge in [-0.05, 0) is 6.42 Å². The molecule has 0 aliphatic carbocycles. The summed E-state index contributed by atoms with van der Waals surface area (Å²) in [6.07, 6.45) is 0.280. The van der Waals surface area contributed by atoms with E-state index in [1.807, 2.05) is 0 Å². The molecule has 0 spiro atoms. The molecule has 0 aromatic rings. The Bertz CT molecular complexity index is 153. The van der Waals surface area contributed by atoms with Crippen molar-refractivity contribution in [3.05, 3.63) is 0 Å². The van der Waals surface area contributed by atoms with Gasteiger partial charge >= 0.3 is 51.4 Å². The Hall–Kier alpha value is 1.51. The third-order valence-electron chi connectivity index (χ3n) is 0.743. The predicted molar refractivity (Wildman–Crippen MR) is 31.1 cm³/mol. The largest absolute Gasteiger partial charge is 1.00 e. The van der Waals surface area contributed by atoms with E-state index in [2.05, 4.69) is 4.74 Å². The van der Waals surface area contributed by atoms with Crippen LogP contribution in [-0.2, 0) is 14.9 Å². The molecule has 4 nitrogen and oxygen atoms in total. The van der Waals surface area contributed by atoms with Gasteiger partial charge in [0.2, 0.25) is 0 Å². The number of hydrogen-bond acceptors (Lipinski definition) is 4. The maximum atomic E-state index is 9.89. The van der Waals surface area contributed by atoms with Crippen LogP contribution in [0.15, 0.2) is 0 Å². The van der Waals surface area contributed by atoms with Crippen LogP contribution in [-0.4, -0.2) is 32.4 Å². The molecule has 10 heavy (non-hydrogen) atoms. The first kappa shape index (κ1) is 14.1. The molecule has 0 N–H and O–H groups in total. The zero-order chi connectivity index (χ0) is 7.33. The van der Waals surface area contributed by atoms with Gasteiger partial charge in [0, 0.05) is 19.5 Å². The van der Waals surface area contributed by atoms with Crippen LogP contribution in [0.1, 0.15) is 6.42 Å². The molecular weight excluding hydrogens is 183 g/mol. The van der Waals surface area contributed by atoms with Crippen molar-refractivity contribution < 1.29 is 69.1 Å². The van der Waals surface area contributed by atoms with E-state index in [9.17, 15) is 13.0 Å². The van der Waals surface area contributed by atoms with E-state index in [0.717, 1.165) is 0 Å². The fraction of sp³-hybridized carbons (Fsp3) is 1.00. The van der Waals surface area contributed by atoms with Crippen LogP contribution in [0, 0.1) is 0 Å². The number of methoxy groups -OCH3 is 1. The van der Waals surface area contributed by atoms with Crippen molar-refractivity contribution in [2.24, 2.45) is 0 Å². The Balaban J connectivity index is 0. The zero-order valence-electron chi connectivity index (χ0n) is 6.16. The number of rotatable bonds is 4. The van der Waals surface area contributed by atoms with Crippen molar-refractivity contribution in [2.45, 2.75) is 6.42 Å². The van der Waals surface area contributed by atoms with E-state index in [-0.39, 0.29) is 63.6 Å². The van der Waals surface area contributed by atoms with Crippen molar-refractivity contribution in [2.75, 3.05) is 19.5 Å². The third-order valence-corrected chi connectivity index (χ3v) is 1.53. The molecule has 0 saturated carbocycles. The van der Waals surface area contributed by atoms with Crippen molar-refractivity contribution in [1.29, 1.82) is 0 Å². The summed E-state index contributed by atoms with van der Waals surface area (Å²) in [5.41, 5.74) is 0. The zero-order valence-corrected chi connectivity index (χ0v) is 10.1. The van der Waals surface area contributed by atoms with Crippen molar-refractivity contribution in [1.82, 2.24) is 0 Å². The summed E-state index contributed by atoms with van der Waals surface area (Å²) >= 11 is 0. The summed E-state index contributed by atoms with van der Waals surface area (Å²) in [5, 5.41) is 0. The molecule has 0 radical (unpaired) electrons. The Kier molecular flexibility index (Phi) is 10.1. The number of hydrogen-bond donors (Lipinski definition) is 0. The molecule has 56 valence electrons. The van der Waals surface area contributed by atoms with Crippen molar-refractivity contribution in [3.8, 4) is 0 Å². The van der Waals surface area contributed by atoms with Gasteiger partial charge in [0.05, 0.1) is 10.1 Å². The SMILES string of the molecule is COCCCS(=O)(=O)[O-].[K+]. The Morgan fingerprint density at radius 2 is 2.00 bits per heavy atom. The first-order chi connectivity index (χ1) is 4.06. The molecule has 6 heteroatoms. The molecule has 0 saturated heterocycles. The molecule has 0 aliphatic heterocycles. The second-order valence-corrected chi connectivity index (χ2v) is 3.13. The van der Waals surface area contributed by atoms with E-state index >= 15 is 0 Å². The topological polar surface area (TPSA) is 66.4 Å². The Morgan fingerprint density at radius 1 is 1.50 bits per heavy atom. The van der Waals surface area contributed by atoms with Gasteiger partial charge in [-0.3, -0.25) is 0 Å². The van der Waals surface area contributed by atoms with Crippen LogP contribution in [0.5, 0.6) is 0 Å². The molecule has 0 atom stereocenters. The molecule has 0 rings (SSSR count). The molecule has 0 aromatic carbocycles. The van der Waals surface area contributed by atoms with Gasteiger partial charge in [0.1, 0.15) is 0 Å². The van der Waals surface area contributed by atoms with Gasteiger partial charge in [-0.15, -0.1) is 0 Å². The van der Waals surface area contributed by atoms with Gasteiger partial charge in [-0.1, -0.05) is 0 Å². The summed E-state index contributed by atoms with van der Waals surface area (Å²) in [6.45, 7) is 0.321. The Morgan fingerprint density at radius 3 is 2.30 bits per heavy atom. The average Bonchev–Trinajstić information content (AvgIpc) is 1.63. The van der Waals surface area contributed by atoms with Gasteiger partial charge in [-0.2, -0.15) is 0 Å². The second kappa shape index (κ2) is 7.17. The summed E-state index contributed by atoms with van der Waals surface area (Å²) in [7, 11) is -2.57. The van der Waals surface area contributed by atoms with E-state index in [0.29, 0.717) is 6.61 Å². The third kappa shape index (κ3) is 12.2. The molecule has 0 amide bonds. The van der Waals surface area contributed by atoms with Crippen molar-refractivity contribution >= 4 is 10.1 Å². The normalized spacial score (nSPS) is 10.6. The molecule has 0 unspecified atom stereocenters. The van der Waals surface area contributed by atoms with Crippen LogP contribution < -0.4 is 51.4 Å². The molecule has 0 fully saturated rings. The fourth-order valence-electron chi connectivity index (χ4n) is 0.380.